The smallest absolute Gasteiger partial charge is 0.309 e. The van der Waals surface area contributed by atoms with Gasteiger partial charge >= 0.3 is 5.97 Å². The summed E-state index contributed by atoms with van der Waals surface area (Å²) in [7, 11) is 0. The zero-order chi connectivity index (χ0) is 8.65. The second-order valence-corrected chi connectivity index (χ2v) is 3.78. The van der Waals surface area contributed by atoms with Gasteiger partial charge in [-0.3, -0.25) is 4.79 Å². The van der Waals surface area contributed by atoms with Crippen molar-refractivity contribution in [3.63, 3.8) is 0 Å². The summed E-state index contributed by atoms with van der Waals surface area (Å²) in [6.45, 7) is 5.81. The molecule has 0 heterocycles. The number of rotatable bonds is 2. The summed E-state index contributed by atoms with van der Waals surface area (Å²) in [5.74, 6) is -0.398. The van der Waals surface area contributed by atoms with Crippen LogP contribution in [0.15, 0.2) is 11.6 Å². The first-order chi connectivity index (χ1) is 4.97. The molecule has 1 aliphatic rings. The first-order valence-corrected chi connectivity index (χ1v) is 3.85. The van der Waals surface area contributed by atoms with E-state index in [9.17, 15) is 4.79 Å². The Hall–Kier alpha value is -0.790. The van der Waals surface area contributed by atoms with Crippen molar-refractivity contribution in [2.75, 3.05) is 0 Å². The van der Waals surface area contributed by atoms with Gasteiger partial charge in [-0.2, -0.15) is 0 Å². The number of hydrogen-bond donors (Lipinski definition) is 1. The van der Waals surface area contributed by atoms with Gasteiger partial charge in [-0.05, 0) is 33.1 Å². The van der Waals surface area contributed by atoms with Crippen molar-refractivity contribution in [1.29, 1.82) is 0 Å². The molecule has 11 heavy (non-hydrogen) atoms. The predicted octanol–water partition coefficient (Wildman–Crippen LogP) is 2.06. The Labute approximate surface area is 66.9 Å². The highest BCUT2D eigenvalue weighted by Crippen LogP contribution is 2.53. The van der Waals surface area contributed by atoms with Crippen LogP contribution in [0.4, 0.5) is 0 Å². The maximum Gasteiger partial charge on any atom is 0.309 e. The third-order valence-electron chi connectivity index (χ3n) is 2.33. The molecule has 2 heteroatoms. The Morgan fingerprint density at radius 3 is 2.45 bits per heavy atom. The fraction of sp³-hybridized carbons (Fsp3) is 0.667. The number of aliphatic carboxylic acids is 1. The molecule has 1 fully saturated rings. The molecule has 0 amide bonds. The molecule has 1 saturated carbocycles. The first-order valence-electron chi connectivity index (χ1n) is 3.85. The Balaban J connectivity index is 2.61. The number of carboxylic acids is 1. The number of hydrogen-bond acceptors (Lipinski definition) is 1. The van der Waals surface area contributed by atoms with Gasteiger partial charge in [0.2, 0.25) is 0 Å². The highest BCUT2D eigenvalue weighted by Gasteiger charge is 2.54. The van der Waals surface area contributed by atoms with E-state index in [-0.39, 0.29) is 5.92 Å². The summed E-state index contributed by atoms with van der Waals surface area (Å²) in [4.78, 5) is 10.6. The molecule has 0 aromatic rings. The standard InChI is InChI=1S/C9H14O2/c1-6(2)4-7-5-9(7,3)8(10)11/h4,7H,5H2,1-3H3,(H,10,11). The maximum atomic E-state index is 10.6. The summed E-state index contributed by atoms with van der Waals surface area (Å²) >= 11 is 0. The van der Waals surface area contributed by atoms with E-state index >= 15 is 0 Å². The minimum atomic E-state index is -0.667. The van der Waals surface area contributed by atoms with Crippen molar-refractivity contribution in [3.05, 3.63) is 11.6 Å². The Morgan fingerprint density at radius 2 is 2.18 bits per heavy atom. The minimum absolute atomic E-state index is 0.269. The molecular formula is C9H14O2. The number of carbonyl (C=O) groups is 1. The summed E-state index contributed by atoms with van der Waals surface area (Å²) in [5, 5.41) is 8.77. The minimum Gasteiger partial charge on any atom is -0.481 e. The van der Waals surface area contributed by atoms with Crippen LogP contribution in [0, 0.1) is 11.3 Å². The average molecular weight is 154 g/mol. The molecule has 0 aromatic carbocycles. The van der Waals surface area contributed by atoms with E-state index in [0.29, 0.717) is 0 Å². The highest BCUT2D eigenvalue weighted by molar-refractivity contribution is 5.78. The van der Waals surface area contributed by atoms with Crippen LogP contribution >= 0.6 is 0 Å². The highest BCUT2D eigenvalue weighted by atomic mass is 16.4. The van der Waals surface area contributed by atoms with Crippen molar-refractivity contribution in [3.8, 4) is 0 Å². The SMILES string of the molecule is CC(C)=CC1CC1(C)C(=O)O. The first kappa shape index (κ1) is 8.31. The molecule has 0 aliphatic heterocycles. The van der Waals surface area contributed by atoms with E-state index in [0.717, 1.165) is 6.42 Å². The lowest BCUT2D eigenvalue weighted by Gasteiger charge is -2.00. The van der Waals surface area contributed by atoms with Gasteiger partial charge in [0.25, 0.3) is 0 Å². The molecule has 0 aromatic heterocycles. The molecule has 0 radical (unpaired) electrons. The molecular weight excluding hydrogens is 140 g/mol. The van der Waals surface area contributed by atoms with Crippen molar-refractivity contribution in [2.24, 2.45) is 11.3 Å². The largest absolute Gasteiger partial charge is 0.481 e. The fourth-order valence-corrected chi connectivity index (χ4v) is 1.29. The van der Waals surface area contributed by atoms with Gasteiger partial charge in [0.1, 0.15) is 0 Å². The maximum absolute atomic E-state index is 10.6. The second kappa shape index (κ2) is 2.36. The third-order valence-corrected chi connectivity index (χ3v) is 2.33. The Kier molecular flexibility index (Phi) is 1.78. The van der Waals surface area contributed by atoms with Crippen molar-refractivity contribution in [2.45, 2.75) is 27.2 Å². The number of carboxylic acid groups (broad SMARTS) is 1. The molecule has 2 nitrogen and oxygen atoms in total. The van der Waals surface area contributed by atoms with Gasteiger partial charge in [-0.15, -0.1) is 0 Å². The van der Waals surface area contributed by atoms with Crippen LogP contribution in [0.3, 0.4) is 0 Å². The van der Waals surface area contributed by atoms with Crippen LogP contribution in [-0.2, 0) is 4.79 Å². The molecule has 2 atom stereocenters. The Bertz CT molecular complexity index is 214. The number of allylic oxidation sites excluding steroid dienone is 2. The predicted molar refractivity (Wildman–Crippen MR) is 43.3 cm³/mol. The summed E-state index contributed by atoms with van der Waals surface area (Å²) in [5.41, 5.74) is 0.747. The molecule has 0 spiro atoms. The lowest BCUT2D eigenvalue weighted by atomic mass is 10.1. The van der Waals surface area contributed by atoms with Gasteiger partial charge < -0.3 is 5.11 Å². The van der Waals surface area contributed by atoms with E-state index in [1.165, 1.54) is 5.57 Å². The molecule has 62 valence electrons. The van der Waals surface area contributed by atoms with Gasteiger partial charge in [0.05, 0.1) is 5.41 Å². The van der Waals surface area contributed by atoms with Crippen LogP contribution in [0.1, 0.15) is 27.2 Å². The van der Waals surface area contributed by atoms with Crippen LogP contribution in [0.25, 0.3) is 0 Å². The van der Waals surface area contributed by atoms with E-state index in [1.54, 1.807) is 6.92 Å². The van der Waals surface area contributed by atoms with Crippen molar-refractivity contribution >= 4 is 5.97 Å². The summed E-state index contributed by atoms with van der Waals surface area (Å²) < 4.78 is 0. The van der Waals surface area contributed by atoms with Crippen LogP contribution < -0.4 is 0 Å². The van der Waals surface area contributed by atoms with Crippen molar-refractivity contribution < 1.29 is 9.90 Å². The molecule has 1 N–H and O–H groups in total. The zero-order valence-electron chi connectivity index (χ0n) is 7.22. The van der Waals surface area contributed by atoms with Gasteiger partial charge in [-0.25, -0.2) is 0 Å². The van der Waals surface area contributed by atoms with Crippen LogP contribution in [0.5, 0.6) is 0 Å². The quantitative estimate of drug-likeness (QED) is 0.618. The molecule has 1 aliphatic carbocycles. The summed E-state index contributed by atoms with van der Waals surface area (Å²) in [6, 6.07) is 0. The van der Waals surface area contributed by atoms with E-state index in [2.05, 4.69) is 0 Å². The molecule has 0 saturated heterocycles. The van der Waals surface area contributed by atoms with E-state index in [1.807, 2.05) is 19.9 Å². The van der Waals surface area contributed by atoms with Gasteiger partial charge in [-0.1, -0.05) is 11.6 Å². The molecule has 2 unspecified atom stereocenters. The Morgan fingerprint density at radius 1 is 1.64 bits per heavy atom. The topological polar surface area (TPSA) is 37.3 Å². The lowest BCUT2D eigenvalue weighted by Crippen LogP contribution is -2.12. The van der Waals surface area contributed by atoms with E-state index < -0.39 is 11.4 Å². The molecule has 1 rings (SSSR count). The van der Waals surface area contributed by atoms with Crippen molar-refractivity contribution in [1.82, 2.24) is 0 Å². The average Bonchev–Trinajstić information content (AvgIpc) is 2.42. The fourth-order valence-electron chi connectivity index (χ4n) is 1.29. The van der Waals surface area contributed by atoms with Gasteiger partial charge in [0, 0.05) is 0 Å². The normalized spacial score (nSPS) is 34.6. The van der Waals surface area contributed by atoms with Crippen LogP contribution in [-0.4, -0.2) is 11.1 Å². The van der Waals surface area contributed by atoms with E-state index in [4.69, 9.17) is 5.11 Å². The lowest BCUT2D eigenvalue weighted by molar-refractivity contribution is -0.143. The zero-order valence-corrected chi connectivity index (χ0v) is 7.22. The second-order valence-electron chi connectivity index (χ2n) is 3.78. The molecule has 0 bridgehead atoms. The summed E-state index contributed by atoms with van der Waals surface area (Å²) in [6.07, 6.45) is 2.85. The third kappa shape index (κ3) is 1.44. The van der Waals surface area contributed by atoms with Crippen LogP contribution in [0.2, 0.25) is 0 Å². The van der Waals surface area contributed by atoms with Gasteiger partial charge in [0.15, 0.2) is 0 Å². The monoisotopic (exact) mass is 154 g/mol.